The predicted molar refractivity (Wildman–Crippen MR) is 68.1 cm³/mol. The van der Waals surface area contributed by atoms with Gasteiger partial charge in [-0.25, -0.2) is 0 Å². The number of hydrogen-bond donors (Lipinski definition) is 1. The number of nitrogen functional groups attached to an aromatic ring is 1. The maximum absolute atomic E-state index is 12.0. The maximum atomic E-state index is 12.0. The lowest BCUT2D eigenvalue weighted by Gasteiger charge is -2.03. The van der Waals surface area contributed by atoms with Crippen LogP contribution in [0, 0.1) is 0 Å². The second-order valence-electron chi connectivity index (χ2n) is 3.73. The zero-order valence-corrected chi connectivity index (χ0v) is 9.82. The van der Waals surface area contributed by atoms with Crippen LogP contribution in [0.4, 0.5) is 5.69 Å². The molecule has 0 aliphatic heterocycles. The first kappa shape index (κ1) is 11.6. The topological polar surface area (TPSA) is 56.0 Å². The molecule has 0 unspecified atom stereocenters. The third-order valence-electron chi connectivity index (χ3n) is 2.36. The van der Waals surface area contributed by atoms with Crippen molar-refractivity contribution in [3.63, 3.8) is 0 Å². The minimum Gasteiger partial charge on any atom is -0.399 e. The molecule has 0 atom stereocenters. The summed E-state index contributed by atoms with van der Waals surface area (Å²) in [6.07, 6.45) is 3.65. The molecule has 0 radical (unpaired) electrons. The molecule has 2 aromatic rings. The summed E-state index contributed by atoms with van der Waals surface area (Å²) in [5.41, 5.74) is 7.59. The highest BCUT2D eigenvalue weighted by Crippen LogP contribution is 2.18. The van der Waals surface area contributed by atoms with E-state index in [1.807, 2.05) is 12.1 Å². The molecule has 3 nitrogen and oxygen atoms in total. The summed E-state index contributed by atoms with van der Waals surface area (Å²) >= 11 is 5.85. The largest absolute Gasteiger partial charge is 0.399 e. The van der Waals surface area contributed by atoms with Gasteiger partial charge in [-0.3, -0.25) is 9.78 Å². The first-order valence-electron chi connectivity index (χ1n) is 5.13. The molecular formula is C13H11ClN2O. The number of hydrogen-bond acceptors (Lipinski definition) is 3. The lowest BCUT2D eigenvalue weighted by atomic mass is 10.0. The normalized spacial score (nSPS) is 10.2. The van der Waals surface area contributed by atoms with E-state index in [1.54, 1.807) is 30.6 Å². The minimum absolute atomic E-state index is 0.00889. The van der Waals surface area contributed by atoms with E-state index in [2.05, 4.69) is 4.98 Å². The summed E-state index contributed by atoms with van der Waals surface area (Å²) in [4.78, 5) is 15.9. The zero-order valence-electron chi connectivity index (χ0n) is 9.06. The Morgan fingerprint density at radius 3 is 2.59 bits per heavy atom. The second-order valence-corrected chi connectivity index (χ2v) is 4.17. The molecule has 4 heteroatoms. The Labute approximate surface area is 104 Å². The SMILES string of the molecule is Nc1cc(Cl)cc(C(=O)Cc2ccncc2)c1. The van der Waals surface area contributed by atoms with Crippen molar-refractivity contribution in [2.75, 3.05) is 5.73 Å². The molecule has 17 heavy (non-hydrogen) atoms. The lowest BCUT2D eigenvalue weighted by molar-refractivity contribution is 0.0993. The maximum Gasteiger partial charge on any atom is 0.167 e. The molecule has 0 aliphatic carbocycles. The van der Waals surface area contributed by atoms with Gasteiger partial charge in [0.2, 0.25) is 0 Å². The molecule has 0 amide bonds. The summed E-state index contributed by atoms with van der Waals surface area (Å²) < 4.78 is 0. The number of halogens is 1. The van der Waals surface area contributed by atoms with Crippen LogP contribution in [0.5, 0.6) is 0 Å². The Balaban J connectivity index is 2.20. The van der Waals surface area contributed by atoms with E-state index in [1.165, 1.54) is 0 Å². The number of pyridine rings is 1. The molecule has 0 bridgehead atoms. The van der Waals surface area contributed by atoms with Crippen LogP contribution in [0.25, 0.3) is 0 Å². The van der Waals surface area contributed by atoms with Gasteiger partial charge in [-0.1, -0.05) is 11.6 Å². The molecule has 0 saturated carbocycles. The van der Waals surface area contributed by atoms with Crippen molar-refractivity contribution in [1.29, 1.82) is 0 Å². The summed E-state index contributed by atoms with van der Waals surface area (Å²) in [5.74, 6) is -0.00889. The first-order chi connectivity index (χ1) is 8.15. The zero-order chi connectivity index (χ0) is 12.3. The van der Waals surface area contributed by atoms with Crippen molar-refractivity contribution in [2.45, 2.75) is 6.42 Å². The highest BCUT2D eigenvalue weighted by atomic mass is 35.5. The number of carbonyl (C=O) groups is 1. The standard InChI is InChI=1S/C13H11ClN2O/c14-11-6-10(7-12(15)8-11)13(17)5-9-1-3-16-4-2-9/h1-4,6-8H,5,15H2. The van der Waals surface area contributed by atoms with Crippen molar-refractivity contribution in [3.05, 3.63) is 58.9 Å². The van der Waals surface area contributed by atoms with E-state index >= 15 is 0 Å². The van der Waals surface area contributed by atoms with Gasteiger partial charge in [0.25, 0.3) is 0 Å². The average Bonchev–Trinajstić information content (AvgIpc) is 2.29. The smallest absolute Gasteiger partial charge is 0.167 e. The monoisotopic (exact) mass is 246 g/mol. The number of benzene rings is 1. The predicted octanol–water partition coefficient (Wildman–Crippen LogP) is 2.74. The molecule has 0 aliphatic rings. The van der Waals surface area contributed by atoms with Gasteiger partial charge >= 0.3 is 0 Å². The van der Waals surface area contributed by atoms with E-state index < -0.39 is 0 Å². The fourth-order valence-corrected chi connectivity index (χ4v) is 1.80. The van der Waals surface area contributed by atoms with Crippen molar-refractivity contribution in [2.24, 2.45) is 0 Å². The van der Waals surface area contributed by atoms with Crippen molar-refractivity contribution in [3.8, 4) is 0 Å². The highest BCUT2D eigenvalue weighted by Gasteiger charge is 2.08. The van der Waals surface area contributed by atoms with E-state index in [4.69, 9.17) is 17.3 Å². The second kappa shape index (κ2) is 4.97. The van der Waals surface area contributed by atoms with Gasteiger partial charge in [-0.15, -0.1) is 0 Å². The Morgan fingerprint density at radius 1 is 1.24 bits per heavy atom. The molecule has 2 rings (SSSR count). The number of rotatable bonds is 3. The molecule has 1 aromatic heterocycles. The van der Waals surface area contributed by atoms with Gasteiger partial charge in [0, 0.05) is 35.1 Å². The van der Waals surface area contributed by atoms with Gasteiger partial charge in [0.05, 0.1) is 0 Å². The van der Waals surface area contributed by atoms with E-state index in [9.17, 15) is 4.79 Å². The number of nitrogens with zero attached hydrogens (tertiary/aromatic N) is 1. The Morgan fingerprint density at radius 2 is 1.94 bits per heavy atom. The van der Waals surface area contributed by atoms with Gasteiger partial charge in [-0.05, 0) is 35.9 Å². The Bertz CT molecular complexity index is 520. The molecule has 86 valence electrons. The number of carbonyl (C=O) groups excluding carboxylic acids is 1. The van der Waals surface area contributed by atoms with Crippen LogP contribution in [0.15, 0.2) is 42.7 Å². The summed E-state index contributed by atoms with van der Waals surface area (Å²) in [5, 5.41) is 0.475. The Hall–Kier alpha value is -1.87. The molecule has 1 aromatic carbocycles. The van der Waals surface area contributed by atoms with Crippen LogP contribution >= 0.6 is 11.6 Å². The number of aromatic nitrogens is 1. The van der Waals surface area contributed by atoms with Crippen LogP contribution in [0.1, 0.15) is 15.9 Å². The van der Waals surface area contributed by atoms with Crippen LogP contribution in [0.3, 0.4) is 0 Å². The number of anilines is 1. The summed E-state index contributed by atoms with van der Waals surface area (Å²) in [7, 11) is 0. The van der Waals surface area contributed by atoms with Gasteiger partial charge in [0.1, 0.15) is 0 Å². The van der Waals surface area contributed by atoms with Crippen LogP contribution in [0.2, 0.25) is 5.02 Å². The fraction of sp³-hybridized carbons (Fsp3) is 0.0769. The number of ketones is 1. The van der Waals surface area contributed by atoms with Gasteiger partial charge in [-0.2, -0.15) is 0 Å². The van der Waals surface area contributed by atoms with Crippen molar-refractivity contribution < 1.29 is 4.79 Å². The first-order valence-corrected chi connectivity index (χ1v) is 5.51. The molecule has 1 heterocycles. The van der Waals surface area contributed by atoms with E-state index in [-0.39, 0.29) is 5.78 Å². The van der Waals surface area contributed by atoms with Gasteiger partial charge < -0.3 is 5.73 Å². The average molecular weight is 247 g/mol. The molecule has 0 spiro atoms. The molecule has 2 N–H and O–H groups in total. The molecule has 0 saturated heterocycles. The van der Waals surface area contributed by atoms with E-state index in [0.29, 0.717) is 22.7 Å². The fourth-order valence-electron chi connectivity index (χ4n) is 1.56. The van der Waals surface area contributed by atoms with Crippen molar-refractivity contribution >= 4 is 23.1 Å². The number of nitrogens with two attached hydrogens (primary N) is 1. The number of Topliss-reactive ketones (excluding diaryl/α,β-unsaturated/α-hetero) is 1. The summed E-state index contributed by atoms with van der Waals surface area (Å²) in [6, 6.07) is 8.50. The lowest BCUT2D eigenvalue weighted by Crippen LogP contribution is -2.04. The van der Waals surface area contributed by atoms with Gasteiger partial charge in [0.15, 0.2) is 5.78 Å². The summed E-state index contributed by atoms with van der Waals surface area (Å²) in [6.45, 7) is 0. The third-order valence-corrected chi connectivity index (χ3v) is 2.57. The minimum atomic E-state index is -0.00889. The van der Waals surface area contributed by atoms with E-state index in [0.717, 1.165) is 5.56 Å². The van der Waals surface area contributed by atoms with Crippen LogP contribution in [-0.4, -0.2) is 10.8 Å². The Kier molecular flexibility index (Phi) is 3.40. The third kappa shape index (κ3) is 3.04. The van der Waals surface area contributed by atoms with Crippen LogP contribution in [-0.2, 0) is 6.42 Å². The molecule has 0 fully saturated rings. The quantitative estimate of drug-likeness (QED) is 0.669. The van der Waals surface area contributed by atoms with Crippen LogP contribution < -0.4 is 5.73 Å². The molecular weight excluding hydrogens is 236 g/mol. The van der Waals surface area contributed by atoms with Crippen molar-refractivity contribution in [1.82, 2.24) is 4.98 Å². The highest BCUT2D eigenvalue weighted by molar-refractivity contribution is 6.31.